The summed E-state index contributed by atoms with van der Waals surface area (Å²) in [6, 6.07) is 1.81. The van der Waals surface area contributed by atoms with Crippen LogP contribution in [0.4, 0.5) is 0 Å². The van der Waals surface area contributed by atoms with Crippen LogP contribution < -0.4 is 5.73 Å². The Morgan fingerprint density at radius 2 is 2.38 bits per heavy atom. The van der Waals surface area contributed by atoms with E-state index in [2.05, 4.69) is 12.0 Å². The van der Waals surface area contributed by atoms with E-state index in [-0.39, 0.29) is 6.54 Å². The molecule has 1 aromatic rings. The van der Waals surface area contributed by atoms with E-state index >= 15 is 0 Å². The highest BCUT2D eigenvalue weighted by molar-refractivity contribution is 5.10. The summed E-state index contributed by atoms with van der Waals surface area (Å²) in [4.78, 5) is 0. The van der Waals surface area contributed by atoms with Gasteiger partial charge in [-0.3, -0.25) is 4.68 Å². The molecule has 3 N–H and O–H groups in total. The molecule has 4 nitrogen and oxygen atoms in total. The predicted octanol–water partition coefficient (Wildman–Crippen LogP) is 0.459. The molecule has 0 spiro atoms. The molecule has 74 valence electrons. The van der Waals surface area contributed by atoms with Crippen LogP contribution in [0.5, 0.6) is 0 Å². The summed E-state index contributed by atoms with van der Waals surface area (Å²) in [7, 11) is 0. The lowest BCUT2D eigenvalue weighted by Crippen LogP contribution is -2.34. The molecule has 0 bridgehead atoms. The lowest BCUT2D eigenvalue weighted by atomic mass is 10.0. The van der Waals surface area contributed by atoms with Gasteiger partial charge in [-0.05, 0) is 19.4 Å². The van der Waals surface area contributed by atoms with Crippen molar-refractivity contribution in [2.75, 3.05) is 6.54 Å². The van der Waals surface area contributed by atoms with Crippen molar-refractivity contribution >= 4 is 0 Å². The van der Waals surface area contributed by atoms with E-state index in [1.54, 1.807) is 17.8 Å². The number of rotatable bonds is 4. The maximum atomic E-state index is 9.91. The first-order valence-electron chi connectivity index (χ1n) is 4.56. The van der Waals surface area contributed by atoms with Crippen LogP contribution >= 0.6 is 0 Å². The molecule has 0 aliphatic heterocycles. The molecule has 13 heavy (non-hydrogen) atoms. The lowest BCUT2D eigenvalue weighted by Gasteiger charge is -2.22. The second-order valence-corrected chi connectivity index (χ2v) is 3.42. The third-order valence-corrected chi connectivity index (χ3v) is 2.10. The van der Waals surface area contributed by atoms with Gasteiger partial charge in [0, 0.05) is 19.3 Å². The van der Waals surface area contributed by atoms with Gasteiger partial charge in [0.05, 0.1) is 5.69 Å². The highest BCUT2D eigenvalue weighted by Gasteiger charge is 2.24. The second-order valence-electron chi connectivity index (χ2n) is 3.42. The van der Waals surface area contributed by atoms with Crippen molar-refractivity contribution in [1.29, 1.82) is 0 Å². The van der Waals surface area contributed by atoms with Crippen LogP contribution in [0.2, 0.25) is 0 Å². The number of aromatic nitrogens is 2. The zero-order valence-corrected chi connectivity index (χ0v) is 8.20. The lowest BCUT2D eigenvalue weighted by molar-refractivity contribution is 0.0568. The second kappa shape index (κ2) is 3.89. The molecule has 1 atom stereocenters. The molecule has 0 saturated carbocycles. The van der Waals surface area contributed by atoms with Gasteiger partial charge < -0.3 is 10.8 Å². The molecule has 0 amide bonds. The maximum Gasteiger partial charge on any atom is 0.115 e. The van der Waals surface area contributed by atoms with E-state index in [0.717, 1.165) is 18.7 Å². The Hall–Kier alpha value is -0.870. The summed E-state index contributed by atoms with van der Waals surface area (Å²) in [5.41, 5.74) is 5.29. The van der Waals surface area contributed by atoms with E-state index in [9.17, 15) is 5.11 Å². The first-order chi connectivity index (χ1) is 6.11. The molecule has 1 rings (SSSR count). The summed E-state index contributed by atoms with van der Waals surface area (Å²) >= 11 is 0. The molecular weight excluding hydrogens is 166 g/mol. The summed E-state index contributed by atoms with van der Waals surface area (Å²) in [6.45, 7) is 4.81. The minimum Gasteiger partial charge on any atom is -0.383 e. The molecule has 0 radical (unpaired) electrons. The van der Waals surface area contributed by atoms with Gasteiger partial charge in [-0.25, -0.2) is 0 Å². The highest BCUT2D eigenvalue weighted by atomic mass is 16.3. The van der Waals surface area contributed by atoms with E-state index in [1.165, 1.54) is 0 Å². The minimum absolute atomic E-state index is 0.211. The van der Waals surface area contributed by atoms with Crippen molar-refractivity contribution in [3.8, 4) is 0 Å². The monoisotopic (exact) mass is 183 g/mol. The van der Waals surface area contributed by atoms with Crippen LogP contribution in [0.3, 0.4) is 0 Å². The van der Waals surface area contributed by atoms with Crippen molar-refractivity contribution in [2.45, 2.75) is 32.4 Å². The summed E-state index contributed by atoms with van der Waals surface area (Å²) < 4.78 is 1.80. The fourth-order valence-corrected chi connectivity index (χ4v) is 1.28. The Kier molecular flexibility index (Phi) is 3.06. The summed E-state index contributed by atoms with van der Waals surface area (Å²) in [5, 5.41) is 14.0. The Balaban J connectivity index is 2.93. The number of hydrogen-bond acceptors (Lipinski definition) is 3. The molecule has 0 saturated heterocycles. The van der Waals surface area contributed by atoms with Gasteiger partial charge in [-0.1, -0.05) is 6.92 Å². The van der Waals surface area contributed by atoms with Gasteiger partial charge >= 0.3 is 0 Å². The van der Waals surface area contributed by atoms with Crippen LogP contribution in [0.1, 0.15) is 26.0 Å². The number of nitrogens with two attached hydrogens (primary N) is 1. The van der Waals surface area contributed by atoms with Crippen LogP contribution in [-0.4, -0.2) is 21.4 Å². The van der Waals surface area contributed by atoms with Gasteiger partial charge in [0.2, 0.25) is 0 Å². The zero-order valence-electron chi connectivity index (χ0n) is 8.20. The largest absolute Gasteiger partial charge is 0.383 e. The number of aryl methyl sites for hydroxylation is 1. The maximum absolute atomic E-state index is 9.91. The van der Waals surface area contributed by atoms with E-state index in [0.29, 0.717) is 0 Å². The van der Waals surface area contributed by atoms with Gasteiger partial charge in [0.15, 0.2) is 0 Å². The zero-order chi connectivity index (χ0) is 9.90. The van der Waals surface area contributed by atoms with Crippen molar-refractivity contribution in [1.82, 2.24) is 9.78 Å². The molecular formula is C9H17N3O. The molecule has 0 aliphatic carbocycles. The summed E-state index contributed by atoms with van der Waals surface area (Å²) in [6.07, 6.45) is 2.68. The van der Waals surface area contributed by atoms with Crippen LogP contribution in [0.15, 0.2) is 12.3 Å². The Bertz CT molecular complexity index is 268. The van der Waals surface area contributed by atoms with Gasteiger partial charge in [0.1, 0.15) is 5.60 Å². The van der Waals surface area contributed by atoms with Gasteiger partial charge in [0.25, 0.3) is 0 Å². The van der Waals surface area contributed by atoms with Crippen molar-refractivity contribution < 1.29 is 5.11 Å². The first kappa shape index (κ1) is 10.2. The third kappa shape index (κ3) is 2.08. The highest BCUT2D eigenvalue weighted by Crippen LogP contribution is 2.18. The van der Waals surface area contributed by atoms with Gasteiger partial charge in [-0.15, -0.1) is 0 Å². The normalized spacial score (nSPS) is 15.7. The van der Waals surface area contributed by atoms with Gasteiger partial charge in [-0.2, -0.15) is 5.10 Å². The minimum atomic E-state index is -0.967. The fraction of sp³-hybridized carbons (Fsp3) is 0.667. The molecule has 0 aliphatic rings. The Morgan fingerprint density at radius 1 is 1.69 bits per heavy atom. The van der Waals surface area contributed by atoms with E-state index < -0.39 is 5.60 Å². The van der Waals surface area contributed by atoms with E-state index in [4.69, 9.17) is 5.73 Å². The van der Waals surface area contributed by atoms with Crippen LogP contribution in [-0.2, 0) is 12.1 Å². The molecule has 1 aromatic heterocycles. The summed E-state index contributed by atoms with van der Waals surface area (Å²) in [5.74, 6) is 0. The average Bonchev–Trinajstić information content (AvgIpc) is 2.54. The quantitative estimate of drug-likeness (QED) is 0.712. The van der Waals surface area contributed by atoms with E-state index in [1.807, 2.05) is 6.07 Å². The topological polar surface area (TPSA) is 64.1 Å². The van der Waals surface area contributed by atoms with Crippen molar-refractivity contribution in [3.05, 3.63) is 18.0 Å². The number of aliphatic hydroxyl groups is 1. The number of hydrogen-bond donors (Lipinski definition) is 2. The van der Waals surface area contributed by atoms with Crippen LogP contribution in [0.25, 0.3) is 0 Å². The molecule has 0 aromatic carbocycles. The molecule has 4 heteroatoms. The smallest absolute Gasteiger partial charge is 0.115 e. The molecule has 1 heterocycles. The van der Waals surface area contributed by atoms with Crippen molar-refractivity contribution in [3.63, 3.8) is 0 Å². The Labute approximate surface area is 78.4 Å². The molecule has 0 fully saturated rings. The number of nitrogens with zero attached hydrogens (tertiary/aromatic N) is 2. The standard InChI is InChI=1S/C9H17N3O/c1-3-6-12-8(4-5-11-12)9(2,13)7-10/h4-5,13H,3,6-7,10H2,1-2H3. The predicted molar refractivity (Wildman–Crippen MR) is 51.1 cm³/mol. The Morgan fingerprint density at radius 3 is 2.92 bits per heavy atom. The van der Waals surface area contributed by atoms with Crippen molar-refractivity contribution in [2.24, 2.45) is 5.73 Å². The van der Waals surface area contributed by atoms with Crippen LogP contribution in [0, 0.1) is 0 Å². The average molecular weight is 183 g/mol. The third-order valence-electron chi connectivity index (χ3n) is 2.10. The first-order valence-corrected chi connectivity index (χ1v) is 4.56. The SMILES string of the molecule is CCCn1nccc1C(C)(O)CN. The molecule has 1 unspecified atom stereocenters. The fourth-order valence-electron chi connectivity index (χ4n) is 1.28.